The number of hydrogen-bond donors (Lipinski definition) is 1. The number of amides is 2. The Hall–Kier alpha value is -1.89. The van der Waals surface area contributed by atoms with Crippen LogP contribution >= 0.6 is 35.0 Å². The van der Waals surface area contributed by atoms with Gasteiger partial charge in [0.05, 0.1) is 12.9 Å². The number of nitrogens with one attached hydrogen (secondary N) is 1. The third kappa shape index (κ3) is 7.30. The minimum absolute atomic E-state index is 0.0737. The largest absolute Gasteiger partial charge is 0.497 e. The fraction of sp³-hybridized carbons (Fsp3) is 0.462. The van der Waals surface area contributed by atoms with E-state index in [1.165, 1.54) is 11.8 Å². The average molecular weight is 524 g/mol. The Kier molecular flexibility index (Phi) is 10.4. The first kappa shape index (κ1) is 26.7. The van der Waals surface area contributed by atoms with E-state index in [4.69, 9.17) is 27.9 Å². The summed E-state index contributed by atoms with van der Waals surface area (Å²) in [6.07, 6.45) is 4.82. The Balaban J connectivity index is 1.72. The van der Waals surface area contributed by atoms with Crippen LogP contribution in [0.15, 0.2) is 42.5 Å². The molecule has 8 heteroatoms. The molecular formula is C26H32Cl2N2O3S. The van der Waals surface area contributed by atoms with Crippen molar-refractivity contribution in [3.8, 4) is 5.75 Å². The number of ether oxygens (including phenoxy) is 1. The molecule has 0 spiro atoms. The molecule has 0 saturated heterocycles. The van der Waals surface area contributed by atoms with Crippen molar-refractivity contribution >= 4 is 46.8 Å². The van der Waals surface area contributed by atoms with Crippen molar-refractivity contribution in [2.45, 2.75) is 63.4 Å². The molecule has 1 atom stereocenters. The number of nitrogens with zero attached hydrogens (tertiary/aromatic N) is 1. The lowest BCUT2D eigenvalue weighted by Crippen LogP contribution is -2.51. The maximum Gasteiger partial charge on any atom is 0.243 e. The van der Waals surface area contributed by atoms with Gasteiger partial charge in [-0.2, -0.15) is 0 Å². The van der Waals surface area contributed by atoms with Crippen LogP contribution in [0, 0.1) is 0 Å². The quantitative estimate of drug-likeness (QED) is 0.387. The van der Waals surface area contributed by atoms with E-state index < -0.39 is 6.04 Å². The highest BCUT2D eigenvalue weighted by Crippen LogP contribution is 2.29. The molecule has 1 fully saturated rings. The molecule has 0 aliphatic heterocycles. The van der Waals surface area contributed by atoms with Crippen molar-refractivity contribution in [2.75, 3.05) is 12.9 Å². The molecule has 184 valence electrons. The molecule has 1 aliphatic rings. The van der Waals surface area contributed by atoms with E-state index in [1.54, 1.807) is 30.2 Å². The normalized spacial score (nSPS) is 14.6. The van der Waals surface area contributed by atoms with E-state index in [0.717, 1.165) is 42.6 Å². The minimum Gasteiger partial charge on any atom is -0.497 e. The zero-order valence-corrected chi connectivity index (χ0v) is 22.0. The van der Waals surface area contributed by atoms with E-state index in [1.807, 2.05) is 31.2 Å². The smallest absolute Gasteiger partial charge is 0.243 e. The molecule has 1 aliphatic carbocycles. The first-order chi connectivity index (χ1) is 16.4. The summed E-state index contributed by atoms with van der Waals surface area (Å²) in [6.45, 7) is 2.30. The Morgan fingerprint density at radius 1 is 1.12 bits per heavy atom. The molecule has 2 aromatic carbocycles. The SMILES string of the molecule is CCC(C(=O)NC1CCCC1)N(Cc1ccc(OC)cc1)C(=O)CSCc1c(Cl)cccc1Cl. The van der Waals surface area contributed by atoms with Crippen molar-refractivity contribution in [3.05, 3.63) is 63.6 Å². The van der Waals surface area contributed by atoms with Gasteiger partial charge in [-0.05, 0) is 54.7 Å². The van der Waals surface area contributed by atoms with Crippen LogP contribution in [0.5, 0.6) is 5.75 Å². The average Bonchev–Trinajstić information content (AvgIpc) is 3.34. The van der Waals surface area contributed by atoms with Crippen molar-refractivity contribution in [1.82, 2.24) is 10.2 Å². The predicted octanol–water partition coefficient (Wildman–Crippen LogP) is 6.10. The summed E-state index contributed by atoms with van der Waals surface area (Å²) in [6, 6.07) is 12.7. The van der Waals surface area contributed by atoms with Crippen LogP contribution in [0.3, 0.4) is 0 Å². The number of thioether (sulfide) groups is 1. The van der Waals surface area contributed by atoms with Crippen molar-refractivity contribution in [2.24, 2.45) is 0 Å². The summed E-state index contributed by atoms with van der Waals surface area (Å²) >= 11 is 14.0. The van der Waals surface area contributed by atoms with Gasteiger partial charge in [-0.1, -0.05) is 61.2 Å². The second kappa shape index (κ2) is 13.3. The second-order valence-electron chi connectivity index (χ2n) is 8.48. The van der Waals surface area contributed by atoms with Gasteiger partial charge in [0, 0.05) is 28.4 Å². The molecule has 5 nitrogen and oxygen atoms in total. The summed E-state index contributed by atoms with van der Waals surface area (Å²) in [5, 5.41) is 4.35. The topological polar surface area (TPSA) is 58.6 Å². The summed E-state index contributed by atoms with van der Waals surface area (Å²) in [4.78, 5) is 28.3. The summed E-state index contributed by atoms with van der Waals surface area (Å²) in [7, 11) is 1.62. The van der Waals surface area contributed by atoms with Crippen molar-refractivity contribution in [1.29, 1.82) is 0 Å². The fourth-order valence-corrected chi connectivity index (χ4v) is 5.86. The molecular weight excluding hydrogens is 491 g/mol. The van der Waals surface area contributed by atoms with E-state index in [9.17, 15) is 9.59 Å². The predicted molar refractivity (Wildman–Crippen MR) is 141 cm³/mol. The first-order valence-electron chi connectivity index (χ1n) is 11.7. The summed E-state index contributed by atoms with van der Waals surface area (Å²) < 4.78 is 5.25. The standard InChI is InChI=1S/C26H32Cl2N2O3S/c1-3-24(26(32)29-19-7-4-5-8-19)30(15-18-11-13-20(33-2)14-12-18)25(31)17-34-16-21-22(27)9-6-10-23(21)28/h6,9-14,19,24H,3-5,7-8,15-17H2,1-2H3,(H,29,32). The Morgan fingerprint density at radius 2 is 1.76 bits per heavy atom. The van der Waals surface area contributed by atoms with Crippen LogP contribution in [0.4, 0.5) is 0 Å². The minimum atomic E-state index is -0.528. The highest BCUT2D eigenvalue weighted by molar-refractivity contribution is 7.99. The van der Waals surface area contributed by atoms with Gasteiger partial charge >= 0.3 is 0 Å². The van der Waals surface area contributed by atoms with E-state index in [2.05, 4.69) is 5.32 Å². The molecule has 34 heavy (non-hydrogen) atoms. The lowest BCUT2D eigenvalue weighted by atomic mass is 10.1. The van der Waals surface area contributed by atoms with Gasteiger partial charge in [-0.15, -0.1) is 11.8 Å². The molecule has 0 radical (unpaired) electrons. The number of carbonyl (C=O) groups is 2. The van der Waals surface area contributed by atoms with Gasteiger partial charge in [-0.3, -0.25) is 9.59 Å². The number of methoxy groups -OCH3 is 1. The molecule has 1 saturated carbocycles. The van der Waals surface area contributed by atoms with Crippen LogP contribution in [0.1, 0.15) is 50.2 Å². The van der Waals surface area contributed by atoms with Gasteiger partial charge in [0.2, 0.25) is 11.8 Å². The van der Waals surface area contributed by atoms with Crippen molar-refractivity contribution in [3.63, 3.8) is 0 Å². The van der Waals surface area contributed by atoms with Crippen LogP contribution in [0.25, 0.3) is 0 Å². The van der Waals surface area contributed by atoms with Crippen LogP contribution in [-0.2, 0) is 21.9 Å². The number of hydrogen-bond acceptors (Lipinski definition) is 4. The van der Waals surface area contributed by atoms with Crippen molar-refractivity contribution < 1.29 is 14.3 Å². The Bertz CT molecular complexity index is 945. The van der Waals surface area contributed by atoms with E-state index >= 15 is 0 Å². The Labute approximate surface area is 216 Å². The second-order valence-corrected chi connectivity index (χ2v) is 10.3. The lowest BCUT2D eigenvalue weighted by Gasteiger charge is -2.31. The molecule has 1 N–H and O–H groups in total. The van der Waals surface area contributed by atoms with Crippen LogP contribution < -0.4 is 10.1 Å². The molecule has 0 heterocycles. The summed E-state index contributed by atoms with van der Waals surface area (Å²) in [5.74, 6) is 1.34. The van der Waals surface area contributed by atoms with Gasteiger partial charge in [0.25, 0.3) is 0 Å². The maximum absolute atomic E-state index is 13.4. The highest BCUT2D eigenvalue weighted by atomic mass is 35.5. The Morgan fingerprint density at radius 3 is 2.35 bits per heavy atom. The van der Waals surface area contributed by atoms with Gasteiger partial charge in [0.15, 0.2) is 0 Å². The number of benzene rings is 2. The zero-order valence-electron chi connectivity index (χ0n) is 19.7. The van der Waals surface area contributed by atoms with E-state index in [0.29, 0.717) is 28.8 Å². The molecule has 1 unspecified atom stereocenters. The van der Waals surface area contributed by atoms with Crippen LogP contribution in [0.2, 0.25) is 10.0 Å². The highest BCUT2D eigenvalue weighted by Gasteiger charge is 2.30. The van der Waals surface area contributed by atoms with Gasteiger partial charge in [-0.25, -0.2) is 0 Å². The molecule has 0 bridgehead atoms. The van der Waals surface area contributed by atoms with Gasteiger partial charge in [0.1, 0.15) is 11.8 Å². The van der Waals surface area contributed by atoms with E-state index in [-0.39, 0.29) is 23.6 Å². The third-order valence-corrected chi connectivity index (χ3v) is 7.79. The first-order valence-corrected chi connectivity index (χ1v) is 13.6. The van der Waals surface area contributed by atoms with Crippen LogP contribution in [-0.4, -0.2) is 41.7 Å². The lowest BCUT2D eigenvalue weighted by molar-refractivity contribution is -0.139. The molecule has 3 rings (SSSR count). The number of halogens is 2. The molecule has 2 aromatic rings. The number of rotatable bonds is 11. The monoisotopic (exact) mass is 522 g/mol. The number of carbonyl (C=O) groups excluding carboxylic acids is 2. The zero-order chi connectivity index (χ0) is 24.5. The third-order valence-electron chi connectivity index (χ3n) is 6.13. The summed E-state index contributed by atoms with van der Waals surface area (Å²) in [5.41, 5.74) is 1.76. The molecule has 2 amide bonds. The fourth-order valence-electron chi connectivity index (χ4n) is 4.21. The maximum atomic E-state index is 13.4. The molecule has 0 aromatic heterocycles. The van der Waals surface area contributed by atoms with Gasteiger partial charge < -0.3 is 15.0 Å².